The van der Waals surface area contributed by atoms with Crippen LogP contribution in [0.3, 0.4) is 0 Å². The van der Waals surface area contributed by atoms with E-state index in [4.69, 9.17) is 15.4 Å². The molecule has 0 heterocycles. The van der Waals surface area contributed by atoms with Crippen molar-refractivity contribution in [3.8, 4) is 0 Å². The zero-order valence-corrected chi connectivity index (χ0v) is 9.24. The van der Waals surface area contributed by atoms with E-state index in [0.717, 1.165) is 18.3 Å². The number of methoxy groups -OCH3 is 1. The molecule has 1 rings (SSSR count). The average Bonchev–Trinajstić information content (AvgIpc) is 2.31. The predicted octanol–water partition coefficient (Wildman–Crippen LogP) is 1.25. The Labute approximate surface area is 97.2 Å². The van der Waals surface area contributed by atoms with Gasteiger partial charge in [0, 0.05) is 7.11 Å². The van der Waals surface area contributed by atoms with E-state index in [1.807, 2.05) is 0 Å². The number of hydrogen-bond donors (Lipinski definition) is 2. The van der Waals surface area contributed by atoms with Crippen LogP contribution >= 0.6 is 0 Å². The van der Waals surface area contributed by atoms with Crippen LogP contribution < -0.4 is 11.3 Å². The number of nitrogens with two attached hydrogens (primary N) is 1. The molecule has 5 nitrogen and oxygen atoms in total. The first-order chi connectivity index (χ1) is 8.19. The van der Waals surface area contributed by atoms with Crippen LogP contribution in [0, 0.1) is 11.6 Å². The Morgan fingerprint density at radius 3 is 2.53 bits per heavy atom. The molecular formula is C10H13F2N3O2. The van der Waals surface area contributed by atoms with E-state index in [1.165, 1.54) is 7.11 Å². The number of halogens is 2. The standard InChI is InChI=1S/C10H13F2N3O2/c1-16-2-3-17-14-6-8-9(11)4-7(15-13)5-10(8)12/h4-6,15H,2-3,13H2,1H3. The van der Waals surface area contributed by atoms with Crippen molar-refractivity contribution in [2.24, 2.45) is 11.0 Å². The van der Waals surface area contributed by atoms with Gasteiger partial charge in [-0.25, -0.2) is 8.78 Å². The topological polar surface area (TPSA) is 68.9 Å². The first-order valence-corrected chi connectivity index (χ1v) is 4.79. The van der Waals surface area contributed by atoms with Crippen LogP contribution in [0.5, 0.6) is 0 Å². The van der Waals surface area contributed by atoms with Gasteiger partial charge in [-0.2, -0.15) is 0 Å². The lowest BCUT2D eigenvalue weighted by Gasteiger charge is -2.03. The third-order valence-corrected chi connectivity index (χ3v) is 1.88. The van der Waals surface area contributed by atoms with Crippen molar-refractivity contribution >= 4 is 11.9 Å². The number of anilines is 1. The third-order valence-electron chi connectivity index (χ3n) is 1.88. The molecule has 0 radical (unpaired) electrons. The van der Waals surface area contributed by atoms with E-state index < -0.39 is 11.6 Å². The molecule has 0 aliphatic carbocycles. The summed E-state index contributed by atoms with van der Waals surface area (Å²) in [7, 11) is 1.50. The maximum absolute atomic E-state index is 13.4. The van der Waals surface area contributed by atoms with Crippen molar-refractivity contribution in [2.45, 2.75) is 0 Å². The molecule has 0 saturated heterocycles. The summed E-state index contributed by atoms with van der Waals surface area (Å²) in [5.74, 6) is 3.48. The summed E-state index contributed by atoms with van der Waals surface area (Å²) < 4.78 is 31.4. The lowest BCUT2D eigenvalue weighted by atomic mass is 10.2. The van der Waals surface area contributed by atoms with Crippen LogP contribution in [-0.2, 0) is 9.57 Å². The number of rotatable bonds is 6. The second kappa shape index (κ2) is 6.77. The number of nitrogens with one attached hydrogen (secondary N) is 1. The zero-order chi connectivity index (χ0) is 12.7. The van der Waals surface area contributed by atoms with Crippen molar-refractivity contribution in [2.75, 3.05) is 25.7 Å². The zero-order valence-electron chi connectivity index (χ0n) is 9.24. The monoisotopic (exact) mass is 245 g/mol. The molecule has 94 valence electrons. The highest BCUT2D eigenvalue weighted by Gasteiger charge is 2.08. The van der Waals surface area contributed by atoms with Crippen LogP contribution in [0.25, 0.3) is 0 Å². The molecular weight excluding hydrogens is 232 g/mol. The summed E-state index contributed by atoms with van der Waals surface area (Å²) in [5.41, 5.74) is 1.99. The highest BCUT2D eigenvalue weighted by atomic mass is 19.1. The SMILES string of the molecule is COCCON=Cc1c(F)cc(NN)cc1F. The van der Waals surface area contributed by atoms with Gasteiger partial charge in [-0.05, 0) is 12.1 Å². The molecule has 0 atom stereocenters. The van der Waals surface area contributed by atoms with Gasteiger partial charge in [0.2, 0.25) is 0 Å². The molecule has 3 N–H and O–H groups in total. The molecule has 7 heteroatoms. The van der Waals surface area contributed by atoms with Gasteiger partial charge in [0.25, 0.3) is 0 Å². The Balaban J connectivity index is 2.70. The minimum atomic E-state index is -0.781. The van der Waals surface area contributed by atoms with Gasteiger partial charge < -0.3 is 15.0 Å². The first kappa shape index (κ1) is 13.3. The number of ether oxygens (including phenoxy) is 1. The van der Waals surface area contributed by atoms with E-state index in [9.17, 15) is 8.78 Å². The number of nitrogens with zero attached hydrogens (tertiary/aromatic N) is 1. The summed E-state index contributed by atoms with van der Waals surface area (Å²) in [6.45, 7) is 0.553. The van der Waals surface area contributed by atoms with Crippen molar-refractivity contribution < 1.29 is 18.4 Å². The van der Waals surface area contributed by atoms with Gasteiger partial charge in [0.15, 0.2) is 0 Å². The minimum Gasteiger partial charge on any atom is -0.393 e. The molecule has 0 aliphatic heterocycles. The van der Waals surface area contributed by atoms with Crippen molar-refractivity contribution in [1.82, 2.24) is 0 Å². The highest BCUT2D eigenvalue weighted by molar-refractivity contribution is 5.80. The molecule has 0 amide bonds. The second-order valence-electron chi connectivity index (χ2n) is 3.06. The molecule has 0 fully saturated rings. The molecule has 0 aromatic heterocycles. The fourth-order valence-corrected chi connectivity index (χ4v) is 1.05. The van der Waals surface area contributed by atoms with Crippen molar-refractivity contribution in [3.05, 3.63) is 29.3 Å². The maximum Gasteiger partial charge on any atom is 0.140 e. The summed E-state index contributed by atoms with van der Waals surface area (Å²) in [4.78, 5) is 4.72. The van der Waals surface area contributed by atoms with Gasteiger partial charge in [0.1, 0.15) is 18.2 Å². The summed E-state index contributed by atoms with van der Waals surface area (Å²) >= 11 is 0. The molecule has 0 aliphatic rings. The van der Waals surface area contributed by atoms with Crippen LogP contribution in [0.2, 0.25) is 0 Å². The van der Waals surface area contributed by atoms with E-state index in [0.29, 0.717) is 6.61 Å². The van der Waals surface area contributed by atoms with Gasteiger partial charge in [0.05, 0.1) is 24.1 Å². The molecule has 17 heavy (non-hydrogen) atoms. The van der Waals surface area contributed by atoms with E-state index in [1.54, 1.807) is 0 Å². The molecule has 0 unspecified atom stereocenters. The largest absolute Gasteiger partial charge is 0.393 e. The fraction of sp³-hybridized carbons (Fsp3) is 0.300. The number of oxime groups is 1. The van der Waals surface area contributed by atoms with Crippen LogP contribution in [0.4, 0.5) is 14.5 Å². The van der Waals surface area contributed by atoms with Gasteiger partial charge in [-0.3, -0.25) is 5.84 Å². The Hall–Kier alpha value is -1.73. The second-order valence-corrected chi connectivity index (χ2v) is 3.06. The minimum absolute atomic E-state index is 0.137. The maximum atomic E-state index is 13.4. The average molecular weight is 245 g/mol. The van der Waals surface area contributed by atoms with E-state index in [2.05, 4.69) is 10.6 Å². The van der Waals surface area contributed by atoms with Crippen LogP contribution in [0.1, 0.15) is 5.56 Å². The molecule has 1 aromatic rings. The molecule has 0 spiro atoms. The summed E-state index contributed by atoms with van der Waals surface area (Å²) in [5, 5.41) is 3.42. The fourth-order valence-electron chi connectivity index (χ4n) is 1.05. The Kier molecular flexibility index (Phi) is 5.31. The summed E-state index contributed by atoms with van der Waals surface area (Å²) in [6, 6.07) is 2.11. The number of benzene rings is 1. The number of hydrogen-bond acceptors (Lipinski definition) is 5. The number of nitrogen functional groups attached to an aromatic ring is 1. The van der Waals surface area contributed by atoms with Crippen molar-refractivity contribution in [3.63, 3.8) is 0 Å². The van der Waals surface area contributed by atoms with Crippen molar-refractivity contribution in [1.29, 1.82) is 0 Å². The van der Waals surface area contributed by atoms with E-state index >= 15 is 0 Å². The first-order valence-electron chi connectivity index (χ1n) is 4.79. The van der Waals surface area contributed by atoms with Gasteiger partial charge >= 0.3 is 0 Å². The van der Waals surface area contributed by atoms with E-state index in [-0.39, 0.29) is 17.9 Å². The Morgan fingerprint density at radius 1 is 1.35 bits per heavy atom. The van der Waals surface area contributed by atoms with Gasteiger partial charge in [-0.15, -0.1) is 0 Å². The smallest absolute Gasteiger partial charge is 0.140 e. The molecule has 1 aromatic carbocycles. The van der Waals surface area contributed by atoms with Gasteiger partial charge in [-0.1, -0.05) is 5.16 Å². The van der Waals surface area contributed by atoms with Crippen LogP contribution in [0.15, 0.2) is 17.3 Å². The highest BCUT2D eigenvalue weighted by Crippen LogP contribution is 2.16. The normalized spacial score (nSPS) is 10.8. The van der Waals surface area contributed by atoms with Crippen LogP contribution in [-0.4, -0.2) is 26.5 Å². The lowest BCUT2D eigenvalue weighted by Crippen LogP contribution is -2.08. The molecule has 0 bridgehead atoms. The predicted molar refractivity (Wildman–Crippen MR) is 59.6 cm³/mol. The lowest BCUT2D eigenvalue weighted by molar-refractivity contribution is 0.0759. The quantitative estimate of drug-likeness (QED) is 0.342. The Bertz CT molecular complexity index is 376. The summed E-state index contributed by atoms with van der Waals surface area (Å²) in [6.07, 6.45) is 0.959. The third kappa shape index (κ3) is 3.97. The molecule has 0 saturated carbocycles. The Morgan fingerprint density at radius 2 is 2.00 bits per heavy atom. The number of hydrazine groups is 1.